The fourth-order valence-electron chi connectivity index (χ4n) is 4.95. The third-order valence-electron chi connectivity index (χ3n) is 6.97. The number of amides is 1. The molecule has 2 heterocycles. The first-order valence-electron chi connectivity index (χ1n) is 12.0. The Morgan fingerprint density at radius 2 is 2.06 bits per heavy atom. The van der Waals surface area contributed by atoms with Crippen molar-refractivity contribution in [3.63, 3.8) is 0 Å². The molecule has 2 aromatic rings. The number of nitrogens with zero attached hydrogens (tertiary/aromatic N) is 2. The second-order valence-corrected chi connectivity index (χ2v) is 12.4. The molecule has 0 radical (unpaired) electrons. The van der Waals surface area contributed by atoms with Crippen LogP contribution in [0.5, 0.6) is 5.75 Å². The van der Waals surface area contributed by atoms with Gasteiger partial charge in [-0.1, -0.05) is 12.1 Å². The van der Waals surface area contributed by atoms with Crippen LogP contribution in [0.15, 0.2) is 24.3 Å². The quantitative estimate of drug-likeness (QED) is 0.543. The van der Waals surface area contributed by atoms with Crippen LogP contribution in [0.2, 0.25) is 0 Å². The number of benzene rings is 1. The predicted octanol–water partition coefficient (Wildman–Crippen LogP) is 5.05. The molecule has 1 aliphatic heterocycles. The first-order chi connectivity index (χ1) is 15.6. The zero-order chi connectivity index (χ0) is 23.8. The van der Waals surface area contributed by atoms with E-state index in [0.717, 1.165) is 35.5 Å². The summed E-state index contributed by atoms with van der Waals surface area (Å²) in [6, 6.07) is 8.28. The standard InChI is InChI=1S/C25H37N3O4S/c1-5-32-20-8-6-7-18(15-20)23-21-10-9-19(16-22(21)28(27-23)17(2)3)24(29)26-25(4)11-13-33(30,31)14-12-25/h6-8,15,17,19,30-31H,5,9-14,16H2,1-4H3,(H,26,29). The Bertz CT molecular complexity index is 1010. The van der Waals surface area contributed by atoms with E-state index in [1.54, 1.807) is 0 Å². The first kappa shape index (κ1) is 24.1. The monoisotopic (exact) mass is 475 g/mol. The molecule has 1 unspecified atom stereocenters. The highest BCUT2D eigenvalue weighted by Gasteiger charge is 2.38. The summed E-state index contributed by atoms with van der Waals surface area (Å²) in [5.74, 6) is 1.53. The summed E-state index contributed by atoms with van der Waals surface area (Å²) in [6.45, 7) is 8.87. The van der Waals surface area contributed by atoms with Gasteiger partial charge in [-0.3, -0.25) is 18.6 Å². The maximum Gasteiger partial charge on any atom is 0.223 e. The van der Waals surface area contributed by atoms with E-state index in [9.17, 15) is 13.9 Å². The Morgan fingerprint density at radius 3 is 2.73 bits per heavy atom. The van der Waals surface area contributed by atoms with Crippen molar-refractivity contribution < 1.29 is 18.6 Å². The van der Waals surface area contributed by atoms with Gasteiger partial charge in [-0.25, -0.2) is 0 Å². The van der Waals surface area contributed by atoms with Gasteiger partial charge in [-0.05, 0) is 65.5 Å². The van der Waals surface area contributed by atoms with Crippen LogP contribution >= 0.6 is 10.6 Å². The highest BCUT2D eigenvalue weighted by atomic mass is 32.3. The number of rotatable bonds is 6. The number of hydrogen-bond acceptors (Lipinski definition) is 5. The topological polar surface area (TPSA) is 96.6 Å². The Balaban J connectivity index is 1.55. The lowest BCUT2D eigenvalue weighted by atomic mass is 9.84. The second kappa shape index (κ2) is 9.31. The molecule has 1 saturated heterocycles. The van der Waals surface area contributed by atoms with Crippen LogP contribution in [-0.2, 0) is 17.6 Å². The van der Waals surface area contributed by atoms with Crippen molar-refractivity contribution in [1.82, 2.24) is 15.1 Å². The van der Waals surface area contributed by atoms with E-state index < -0.39 is 10.6 Å². The number of ether oxygens (including phenoxy) is 1. The van der Waals surface area contributed by atoms with Crippen LogP contribution in [0.4, 0.5) is 0 Å². The predicted molar refractivity (Wildman–Crippen MR) is 133 cm³/mol. The summed E-state index contributed by atoms with van der Waals surface area (Å²) < 4.78 is 27.6. The summed E-state index contributed by atoms with van der Waals surface area (Å²) in [6.07, 6.45) is 3.47. The van der Waals surface area contributed by atoms with E-state index in [0.29, 0.717) is 37.4 Å². The molecular weight excluding hydrogens is 438 g/mol. The van der Waals surface area contributed by atoms with Gasteiger partial charge in [-0.2, -0.15) is 15.7 Å². The molecule has 1 fully saturated rings. The second-order valence-electron chi connectivity index (χ2n) is 9.97. The highest BCUT2D eigenvalue weighted by molar-refractivity contribution is 8.24. The van der Waals surface area contributed by atoms with Gasteiger partial charge in [0.25, 0.3) is 0 Å². The normalized spacial score (nSPS) is 22.5. The number of aromatic nitrogens is 2. The van der Waals surface area contributed by atoms with Gasteiger partial charge < -0.3 is 10.1 Å². The molecule has 33 heavy (non-hydrogen) atoms. The molecule has 1 atom stereocenters. The van der Waals surface area contributed by atoms with Crippen molar-refractivity contribution in [3.05, 3.63) is 35.5 Å². The molecule has 0 spiro atoms. The minimum atomic E-state index is -2.47. The summed E-state index contributed by atoms with van der Waals surface area (Å²) in [7, 11) is -2.47. The third-order valence-corrected chi connectivity index (χ3v) is 8.68. The number of carbonyl (C=O) groups excluding carboxylic acids is 1. The van der Waals surface area contributed by atoms with Gasteiger partial charge in [0.05, 0.1) is 12.3 Å². The molecule has 1 aromatic heterocycles. The molecule has 0 saturated carbocycles. The van der Waals surface area contributed by atoms with Crippen molar-refractivity contribution in [2.45, 2.75) is 71.4 Å². The van der Waals surface area contributed by atoms with Crippen molar-refractivity contribution >= 4 is 16.5 Å². The Labute approximate surface area is 198 Å². The lowest BCUT2D eigenvalue weighted by Gasteiger charge is -2.45. The van der Waals surface area contributed by atoms with Crippen LogP contribution in [0, 0.1) is 5.92 Å². The maximum atomic E-state index is 13.2. The largest absolute Gasteiger partial charge is 0.494 e. The number of hydrogen-bond donors (Lipinski definition) is 3. The van der Waals surface area contributed by atoms with Crippen molar-refractivity contribution in [2.24, 2.45) is 5.92 Å². The van der Waals surface area contributed by atoms with Gasteiger partial charge >= 0.3 is 0 Å². The molecule has 3 N–H and O–H groups in total. The Morgan fingerprint density at radius 1 is 1.33 bits per heavy atom. The van der Waals surface area contributed by atoms with Crippen LogP contribution in [0.1, 0.15) is 64.3 Å². The molecular formula is C25H37N3O4S. The van der Waals surface area contributed by atoms with Gasteiger partial charge in [-0.15, -0.1) is 0 Å². The average molecular weight is 476 g/mol. The highest BCUT2D eigenvalue weighted by Crippen LogP contribution is 2.47. The molecule has 0 bridgehead atoms. The lowest BCUT2D eigenvalue weighted by molar-refractivity contribution is -0.127. The van der Waals surface area contributed by atoms with Gasteiger partial charge in [0.2, 0.25) is 5.91 Å². The average Bonchev–Trinajstić information content (AvgIpc) is 3.16. The van der Waals surface area contributed by atoms with Gasteiger partial charge in [0.15, 0.2) is 0 Å². The zero-order valence-electron chi connectivity index (χ0n) is 20.1. The fraction of sp³-hybridized carbons (Fsp3) is 0.600. The molecule has 2 aliphatic rings. The summed E-state index contributed by atoms with van der Waals surface area (Å²) in [4.78, 5) is 13.2. The number of fused-ring (bicyclic) bond motifs is 1. The van der Waals surface area contributed by atoms with Crippen LogP contribution in [0.3, 0.4) is 0 Å². The van der Waals surface area contributed by atoms with E-state index >= 15 is 0 Å². The van der Waals surface area contributed by atoms with E-state index in [1.807, 2.05) is 32.0 Å². The summed E-state index contributed by atoms with van der Waals surface area (Å²) >= 11 is 0. The van der Waals surface area contributed by atoms with Crippen molar-refractivity contribution in [1.29, 1.82) is 0 Å². The molecule has 1 amide bonds. The Kier molecular flexibility index (Phi) is 6.80. The third kappa shape index (κ3) is 5.23. The Hall–Kier alpha value is -2.03. The smallest absolute Gasteiger partial charge is 0.223 e. The number of nitrogens with one attached hydrogen (secondary N) is 1. The SMILES string of the molecule is CCOc1cccc(-c2nn(C(C)C)c3c2CCC(C(=O)NC2(C)CCS(O)(O)CC2)C3)c1. The molecule has 1 aromatic carbocycles. The number of carbonyl (C=O) groups is 1. The molecule has 1 aliphatic carbocycles. The first-order valence-corrected chi connectivity index (χ1v) is 13.9. The van der Waals surface area contributed by atoms with E-state index in [1.165, 1.54) is 5.56 Å². The minimum absolute atomic E-state index is 0.0675. The summed E-state index contributed by atoms with van der Waals surface area (Å²) in [5, 5.41) is 8.23. The molecule has 7 nitrogen and oxygen atoms in total. The van der Waals surface area contributed by atoms with Crippen LogP contribution in [0.25, 0.3) is 11.3 Å². The van der Waals surface area contributed by atoms with Crippen LogP contribution < -0.4 is 10.1 Å². The summed E-state index contributed by atoms with van der Waals surface area (Å²) in [5.41, 5.74) is 4.05. The lowest BCUT2D eigenvalue weighted by Crippen LogP contribution is -2.52. The van der Waals surface area contributed by atoms with Crippen LogP contribution in [-0.4, -0.2) is 48.4 Å². The minimum Gasteiger partial charge on any atom is -0.494 e. The maximum absolute atomic E-state index is 13.2. The fourth-order valence-corrected chi connectivity index (χ4v) is 6.71. The van der Waals surface area contributed by atoms with Crippen molar-refractivity contribution in [3.8, 4) is 17.0 Å². The van der Waals surface area contributed by atoms with E-state index in [-0.39, 0.29) is 23.4 Å². The zero-order valence-corrected chi connectivity index (χ0v) is 21.0. The van der Waals surface area contributed by atoms with E-state index in [4.69, 9.17) is 9.84 Å². The molecule has 8 heteroatoms. The van der Waals surface area contributed by atoms with Gasteiger partial charge in [0, 0.05) is 52.2 Å². The van der Waals surface area contributed by atoms with Crippen molar-refractivity contribution in [2.75, 3.05) is 18.1 Å². The van der Waals surface area contributed by atoms with Gasteiger partial charge in [0.1, 0.15) is 5.75 Å². The molecule has 182 valence electrons. The molecule has 4 rings (SSSR count). The van der Waals surface area contributed by atoms with E-state index in [2.05, 4.69) is 29.9 Å².